The van der Waals surface area contributed by atoms with Crippen molar-refractivity contribution in [2.45, 2.75) is 18.9 Å². The highest BCUT2D eigenvalue weighted by Gasteiger charge is 2.36. The van der Waals surface area contributed by atoms with Gasteiger partial charge in [-0.15, -0.1) is 11.3 Å². The number of halogens is 6. The molecule has 164 valence electrons. The van der Waals surface area contributed by atoms with Crippen molar-refractivity contribution in [1.29, 1.82) is 10.5 Å². The van der Waals surface area contributed by atoms with Crippen LogP contribution < -0.4 is 4.90 Å². The van der Waals surface area contributed by atoms with E-state index < -0.39 is 30.0 Å². The molecule has 0 saturated heterocycles. The molecule has 0 aliphatic heterocycles. The van der Waals surface area contributed by atoms with Gasteiger partial charge in [-0.1, -0.05) is 12.1 Å². The SMILES string of the molecule is N#Cc1ccc(-c2ccc(CN(CC(F)(F)F)c3ccc(C#N)c(C(F)(F)F)c3)s2)cc1. The van der Waals surface area contributed by atoms with E-state index in [0.717, 1.165) is 27.5 Å². The number of alkyl halides is 6. The average Bonchev–Trinajstić information content (AvgIpc) is 3.20. The molecular weight excluding hydrogens is 452 g/mol. The maximum Gasteiger partial charge on any atom is 0.417 e. The van der Waals surface area contributed by atoms with Gasteiger partial charge in [0.2, 0.25) is 0 Å². The third-order valence-electron chi connectivity index (χ3n) is 4.47. The summed E-state index contributed by atoms with van der Waals surface area (Å²) in [6.07, 6.45) is -9.53. The Morgan fingerprint density at radius 1 is 0.844 bits per heavy atom. The topological polar surface area (TPSA) is 50.8 Å². The molecule has 1 heterocycles. The van der Waals surface area contributed by atoms with Crippen LogP contribution in [0.4, 0.5) is 32.0 Å². The quantitative estimate of drug-likeness (QED) is 0.392. The average molecular weight is 465 g/mol. The monoisotopic (exact) mass is 465 g/mol. The second-order valence-electron chi connectivity index (χ2n) is 6.77. The van der Waals surface area contributed by atoms with Crippen LogP contribution in [0.15, 0.2) is 54.6 Å². The first kappa shape index (κ1) is 23.2. The Morgan fingerprint density at radius 3 is 2.09 bits per heavy atom. The molecule has 3 nitrogen and oxygen atoms in total. The van der Waals surface area contributed by atoms with Gasteiger partial charge in [0.1, 0.15) is 6.54 Å². The number of nitriles is 2. The minimum Gasteiger partial charge on any atom is -0.357 e. The van der Waals surface area contributed by atoms with Crippen LogP contribution in [0.25, 0.3) is 10.4 Å². The second-order valence-corrected chi connectivity index (χ2v) is 7.93. The molecule has 3 aromatic rings. The first-order chi connectivity index (χ1) is 15.0. The van der Waals surface area contributed by atoms with Crippen LogP contribution in [0.2, 0.25) is 0 Å². The molecule has 0 atom stereocenters. The molecule has 2 aromatic carbocycles. The first-order valence-corrected chi connectivity index (χ1v) is 9.84. The van der Waals surface area contributed by atoms with Crippen molar-refractivity contribution in [3.63, 3.8) is 0 Å². The molecule has 0 spiro atoms. The maximum atomic E-state index is 13.3. The molecule has 1 aromatic heterocycles. The number of nitrogens with zero attached hydrogens (tertiary/aromatic N) is 3. The van der Waals surface area contributed by atoms with E-state index in [1.54, 1.807) is 36.4 Å². The molecule has 0 radical (unpaired) electrons. The Hall–Kier alpha value is -3.50. The van der Waals surface area contributed by atoms with E-state index in [0.29, 0.717) is 16.5 Å². The minimum absolute atomic E-state index is 0.274. The lowest BCUT2D eigenvalue weighted by Crippen LogP contribution is -2.33. The van der Waals surface area contributed by atoms with Gasteiger partial charge in [0.25, 0.3) is 0 Å². The summed E-state index contributed by atoms with van der Waals surface area (Å²) in [6, 6.07) is 15.9. The third kappa shape index (κ3) is 5.59. The van der Waals surface area contributed by atoms with Crippen molar-refractivity contribution in [1.82, 2.24) is 0 Å². The summed E-state index contributed by atoms with van der Waals surface area (Å²) in [4.78, 5) is 2.05. The van der Waals surface area contributed by atoms with Crippen molar-refractivity contribution in [3.05, 3.63) is 76.2 Å². The molecular formula is C22H13F6N3S. The van der Waals surface area contributed by atoms with Crippen LogP contribution in [0.5, 0.6) is 0 Å². The zero-order valence-corrected chi connectivity index (χ0v) is 16.9. The van der Waals surface area contributed by atoms with Gasteiger partial charge in [0.15, 0.2) is 0 Å². The standard InChI is InChI=1S/C22H13F6N3S/c23-21(24,25)13-31(17-6-5-16(11-30)19(9-17)22(26,27)28)12-18-7-8-20(32-18)15-3-1-14(10-29)2-4-15/h1-9H,12-13H2. The summed E-state index contributed by atoms with van der Waals surface area (Å²) >= 11 is 1.20. The molecule has 0 aliphatic rings. The van der Waals surface area contributed by atoms with Gasteiger partial charge in [-0.05, 0) is 48.0 Å². The van der Waals surface area contributed by atoms with Crippen molar-refractivity contribution >= 4 is 17.0 Å². The fourth-order valence-electron chi connectivity index (χ4n) is 3.03. The molecule has 0 bridgehead atoms. The van der Waals surface area contributed by atoms with Crippen LogP contribution in [-0.4, -0.2) is 12.7 Å². The van der Waals surface area contributed by atoms with E-state index in [1.165, 1.54) is 17.4 Å². The summed E-state index contributed by atoms with van der Waals surface area (Å²) in [7, 11) is 0. The Bertz CT molecular complexity index is 1180. The van der Waals surface area contributed by atoms with Gasteiger partial charge in [0, 0.05) is 15.4 Å². The molecule has 0 unspecified atom stereocenters. The predicted molar refractivity (Wildman–Crippen MR) is 108 cm³/mol. The van der Waals surface area contributed by atoms with Crippen molar-refractivity contribution in [3.8, 4) is 22.6 Å². The van der Waals surface area contributed by atoms with E-state index in [4.69, 9.17) is 10.5 Å². The zero-order chi connectivity index (χ0) is 23.5. The summed E-state index contributed by atoms with van der Waals surface area (Å²) in [5.74, 6) is 0. The normalized spacial score (nSPS) is 11.6. The fraction of sp³-hybridized carbons (Fsp3) is 0.182. The molecule has 0 saturated carbocycles. The minimum atomic E-state index is -4.88. The number of anilines is 1. The third-order valence-corrected chi connectivity index (χ3v) is 5.59. The van der Waals surface area contributed by atoms with Crippen molar-refractivity contribution < 1.29 is 26.3 Å². The Morgan fingerprint density at radius 2 is 1.53 bits per heavy atom. The van der Waals surface area contributed by atoms with Crippen LogP contribution in [0.1, 0.15) is 21.6 Å². The maximum absolute atomic E-state index is 13.3. The molecule has 0 N–H and O–H groups in total. The second kappa shape index (κ2) is 8.93. The summed E-state index contributed by atoms with van der Waals surface area (Å²) < 4.78 is 79.4. The number of benzene rings is 2. The number of thiophene rings is 1. The number of hydrogen-bond donors (Lipinski definition) is 0. The summed E-state index contributed by atoms with van der Waals surface area (Å²) in [5.41, 5.74) is -1.01. The lowest BCUT2D eigenvalue weighted by molar-refractivity contribution is -0.137. The van der Waals surface area contributed by atoms with Gasteiger partial charge in [-0.2, -0.15) is 36.9 Å². The van der Waals surface area contributed by atoms with Gasteiger partial charge in [0.05, 0.1) is 35.4 Å². The number of hydrogen-bond acceptors (Lipinski definition) is 4. The highest BCUT2D eigenvalue weighted by molar-refractivity contribution is 7.15. The van der Waals surface area contributed by atoms with E-state index in [9.17, 15) is 26.3 Å². The van der Waals surface area contributed by atoms with Crippen LogP contribution in [0.3, 0.4) is 0 Å². The van der Waals surface area contributed by atoms with Gasteiger partial charge >= 0.3 is 12.4 Å². The van der Waals surface area contributed by atoms with Gasteiger partial charge < -0.3 is 4.90 Å². The van der Waals surface area contributed by atoms with E-state index in [2.05, 4.69) is 0 Å². The first-order valence-electron chi connectivity index (χ1n) is 9.02. The molecule has 10 heteroatoms. The van der Waals surface area contributed by atoms with E-state index in [-0.39, 0.29) is 12.2 Å². The molecule has 0 amide bonds. The van der Waals surface area contributed by atoms with E-state index >= 15 is 0 Å². The predicted octanol–water partition coefficient (Wildman–Crippen LogP) is 6.75. The van der Waals surface area contributed by atoms with Gasteiger partial charge in [-0.25, -0.2) is 0 Å². The zero-order valence-electron chi connectivity index (χ0n) is 16.1. The summed E-state index contributed by atoms with van der Waals surface area (Å²) in [6.45, 7) is -1.73. The van der Waals surface area contributed by atoms with Crippen LogP contribution in [-0.2, 0) is 12.7 Å². The molecule has 0 fully saturated rings. The highest BCUT2D eigenvalue weighted by Crippen LogP contribution is 2.36. The number of rotatable bonds is 5. The van der Waals surface area contributed by atoms with Crippen LogP contribution in [0, 0.1) is 22.7 Å². The Kier molecular flexibility index (Phi) is 6.47. The van der Waals surface area contributed by atoms with Crippen LogP contribution >= 0.6 is 11.3 Å². The van der Waals surface area contributed by atoms with Crippen molar-refractivity contribution in [2.24, 2.45) is 0 Å². The smallest absolute Gasteiger partial charge is 0.357 e. The fourth-order valence-corrected chi connectivity index (χ4v) is 4.06. The Labute approximate surface area is 183 Å². The van der Waals surface area contributed by atoms with Gasteiger partial charge in [-0.3, -0.25) is 0 Å². The lowest BCUT2D eigenvalue weighted by Gasteiger charge is -2.26. The molecule has 32 heavy (non-hydrogen) atoms. The molecule has 3 rings (SSSR count). The largest absolute Gasteiger partial charge is 0.417 e. The van der Waals surface area contributed by atoms with Crippen molar-refractivity contribution in [2.75, 3.05) is 11.4 Å². The highest BCUT2D eigenvalue weighted by atomic mass is 32.1. The molecule has 0 aliphatic carbocycles. The Balaban J connectivity index is 1.94. The van der Waals surface area contributed by atoms with E-state index in [1.807, 2.05) is 6.07 Å². The summed E-state index contributed by atoms with van der Waals surface area (Å²) in [5, 5.41) is 17.8. The lowest BCUT2D eigenvalue weighted by atomic mass is 10.1.